The molecular formula is C21H20FNO. The highest BCUT2D eigenvalue weighted by Crippen LogP contribution is 2.23. The average molecular weight is 321 g/mol. The molecule has 3 heteroatoms. The highest BCUT2D eigenvalue weighted by atomic mass is 19.1. The van der Waals surface area contributed by atoms with Crippen LogP contribution in [0.5, 0.6) is 0 Å². The highest BCUT2D eigenvalue weighted by molar-refractivity contribution is 5.32. The molecule has 3 rings (SSSR count). The van der Waals surface area contributed by atoms with E-state index in [0.717, 1.165) is 22.3 Å². The van der Waals surface area contributed by atoms with Gasteiger partial charge < -0.3 is 10.4 Å². The smallest absolute Gasteiger partial charge is 0.123 e. The molecule has 3 aromatic rings. The Morgan fingerprint density at radius 1 is 0.792 bits per heavy atom. The normalized spacial score (nSPS) is 12.1. The van der Waals surface area contributed by atoms with Crippen LogP contribution in [0.15, 0.2) is 78.9 Å². The van der Waals surface area contributed by atoms with E-state index in [-0.39, 0.29) is 18.5 Å². The van der Waals surface area contributed by atoms with Crippen molar-refractivity contribution in [1.82, 2.24) is 5.32 Å². The van der Waals surface area contributed by atoms with Crippen molar-refractivity contribution < 1.29 is 9.50 Å². The lowest BCUT2D eigenvalue weighted by atomic mass is 9.98. The minimum atomic E-state index is -0.234. The average Bonchev–Trinajstić information content (AvgIpc) is 2.63. The minimum Gasteiger partial charge on any atom is -0.392 e. The van der Waals surface area contributed by atoms with Gasteiger partial charge in [0.25, 0.3) is 0 Å². The largest absolute Gasteiger partial charge is 0.392 e. The molecule has 0 saturated carbocycles. The molecule has 122 valence electrons. The SMILES string of the molecule is OCc1ccc(CNC(c2ccccc2)c2cccc(F)c2)cc1. The van der Waals surface area contributed by atoms with Crippen LogP contribution in [-0.4, -0.2) is 5.11 Å². The Morgan fingerprint density at radius 2 is 1.46 bits per heavy atom. The van der Waals surface area contributed by atoms with E-state index in [4.69, 9.17) is 5.11 Å². The summed E-state index contributed by atoms with van der Waals surface area (Å²) in [6.07, 6.45) is 0. The second-order valence-electron chi connectivity index (χ2n) is 5.75. The van der Waals surface area contributed by atoms with Crippen molar-refractivity contribution in [2.24, 2.45) is 0 Å². The second kappa shape index (κ2) is 7.86. The molecule has 0 bridgehead atoms. The predicted octanol–water partition coefficient (Wildman–Crippen LogP) is 4.20. The van der Waals surface area contributed by atoms with Crippen LogP contribution < -0.4 is 5.32 Å². The van der Waals surface area contributed by atoms with Crippen LogP contribution in [-0.2, 0) is 13.2 Å². The van der Waals surface area contributed by atoms with Crippen LogP contribution in [0, 0.1) is 5.82 Å². The molecule has 3 aromatic carbocycles. The first-order chi connectivity index (χ1) is 11.8. The summed E-state index contributed by atoms with van der Waals surface area (Å²) in [5, 5.41) is 12.6. The third-order valence-electron chi connectivity index (χ3n) is 4.03. The molecule has 0 aromatic heterocycles. The summed E-state index contributed by atoms with van der Waals surface area (Å²) in [5.41, 5.74) is 4.00. The van der Waals surface area contributed by atoms with Gasteiger partial charge in [-0.25, -0.2) is 4.39 Å². The molecule has 0 fully saturated rings. The first-order valence-corrected chi connectivity index (χ1v) is 7.99. The maximum atomic E-state index is 13.6. The molecule has 2 nitrogen and oxygen atoms in total. The van der Waals surface area contributed by atoms with Crippen molar-refractivity contribution in [3.8, 4) is 0 Å². The molecule has 0 amide bonds. The summed E-state index contributed by atoms with van der Waals surface area (Å²) in [5.74, 6) is -0.234. The Morgan fingerprint density at radius 3 is 2.12 bits per heavy atom. The molecule has 0 radical (unpaired) electrons. The van der Waals surface area contributed by atoms with Crippen molar-refractivity contribution in [3.63, 3.8) is 0 Å². The number of nitrogens with one attached hydrogen (secondary N) is 1. The first-order valence-electron chi connectivity index (χ1n) is 7.99. The Hall–Kier alpha value is -2.49. The van der Waals surface area contributed by atoms with Crippen LogP contribution >= 0.6 is 0 Å². The molecule has 0 aliphatic rings. The van der Waals surface area contributed by atoms with Crippen molar-refractivity contribution in [3.05, 3.63) is 107 Å². The van der Waals surface area contributed by atoms with Crippen molar-refractivity contribution >= 4 is 0 Å². The fourth-order valence-corrected chi connectivity index (χ4v) is 2.74. The Kier molecular flexibility index (Phi) is 5.36. The van der Waals surface area contributed by atoms with Gasteiger partial charge in [0.05, 0.1) is 12.6 Å². The molecule has 1 unspecified atom stereocenters. The molecule has 0 heterocycles. The van der Waals surface area contributed by atoms with Crippen LogP contribution in [0.2, 0.25) is 0 Å². The number of benzene rings is 3. The monoisotopic (exact) mass is 321 g/mol. The van der Waals surface area contributed by atoms with Gasteiger partial charge in [-0.1, -0.05) is 66.7 Å². The molecule has 1 atom stereocenters. The number of rotatable bonds is 6. The number of hydrogen-bond donors (Lipinski definition) is 2. The summed E-state index contributed by atoms with van der Waals surface area (Å²) in [6.45, 7) is 0.700. The van der Waals surface area contributed by atoms with Gasteiger partial charge in [0.1, 0.15) is 5.82 Å². The van der Waals surface area contributed by atoms with Crippen molar-refractivity contribution in [2.75, 3.05) is 0 Å². The maximum Gasteiger partial charge on any atom is 0.123 e. The van der Waals surface area contributed by atoms with E-state index in [1.54, 1.807) is 12.1 Å². The van der Waals surface area contributed by atoms with Crippen LogP contribution in [0.4, 0.5) is 4.39 Å². The second-order valence-corrected chi connectivity index (χ2v) is 5.75. The molecule has 24 heavy (non-hydrogen) atoms. The molecular weight excluding hydrogens is 301 g/mol. The zero-order valence-corrected chi connectivity index (χ0v) is 13.3. The molecule has 2 N–H and O–H groups in total. The van der Waals surface area contributed by atoms with Gasteiger partial charge in [-0.3, -0.25) is 0 Å². The lowest BCUT2D eigenvalue weighted by Gasteiger charge is -2.20. The number of aliphatic hydroxyl groups excluding tert-OH is 1. The third-order valence-corrected chi connectivity index (χ3v) is 4.03. The fourth-order valence-electron chi connectivity index (χ4n) is 2.74. The Balaban J connectivity index is 1.82. The van der Waals surface area contributed by atoms with E-state index in [1.165, 1.54) is 6.07 Å². The highest BCUT2D eigenvalue weighted by Gasteiger charge is 2.14. The van der Waals surface area contributed by atoms with Crippen molar-refractivity contribution in [1.29, 1.82) is 0 Å². The summed E-state index contributed by atoms with van der Waals surface area (Å²) in [6, 6.07) is 24.4. The third kappa shape index (κ3) is 4.07. The lowest BCUT2D eigenvalue weighted by molar-refractivity contribution is 0.282. The maximum absolute atomic E-state index is 13.6. The molecule has 0 spiro atoms. The quantitative estimate of drug-likeness (QED) is 0.713. The van der Waals surface area contributed by atoms with Gasteiger partial charge in [0, 0.05) is 6.54 Å². The fraction of sp³-hybridized carbons (Fsp3) is 0.143. The van der Waals surface area contributed by atoms with Crippen molar-refractivity contribution in [2.45, 2.75) is 19.2 Å². The topological polar surface area (TPSA) is 32.3 Å². The van der Waals surface area contributed by atoms with Gasteiger partial charge in [-0.05, 0) is 34.4 Å². The van der Waals surface area contributed by atoms with E-state index < -0.39 is 0 Å². The van der Waals surface area contributed by atoms with Gasteiger partial charge >= 0.3 is 0 Å². The standard InChI is InChI=1S/C21H20FNO/c22-20-8-4-7-19(13-20)21(18-5-2-1-3-6-18)23-14-16-9-11-17(15-24)12-10-16/h1-13,21,23-24H,14-15H2. The van der Waals surface area contributed by atoms with Crippen LogP contribution in [0.25, 0.3) is 0 Å². The summed E-state index contributed by atoms with van der Waals surface area (Å²) in [4.78, 5) is 0. The lowest BCUT2D eigenvalue weighted by Crippen LogP contribution is -2.22. The zero-order valence-electron chi connectivity index (χ0n) is 13.3. The summed E-state index contributed by atoms with van der Waals surface area (Å²) >= 11 is 0. The molecule has 0 saturated heterocycles. The van der Waals surface area contributed by atoms with Gasteiger partial charge in [-0.15, -0.1) is 0 Å². The van der Waals surface area contributed by atoms with Gasteiger partial charge in [0.2, 0.25) is 0 Å². The predicted molar refractivity (Wildman–Crippen MR) is 93.9 cm³/mol. The number of aliphatic hydroxyl groups is 1. The van der Waals surface area contributed by atoms with Gasteiger partial charge in [0.15, 0.2) is 0 Å². The summed E-state index contributed by atoms with van der Waals surface area (Å²) < 4.78 is 13.6. The Labute approximate surface area is 141 Å². The van der Waals surface area contributed by atoms with E-state index in [1.807, 2.05) is 60.7 Å². The first kappa shape index (κ1) is 16.4. The molecule has 0 aliphatic heterocycles. The van der Waals surface area contributed by atoms with Crippen LogP contribution in [0.1, 0.15) is 28.3 Å². The van der Waals surface area contributed by atoms with E-state index in [0.29, 0.717) is 6.54 Å². The number of hydrogen-bond acceptors (Lipinski definition) is 2. The van der Waals surface area contributed by atoms with Crippen LogP contribution in [0.3, 0.4) is 0 Å². The van der Waals surface area contributed by atoms with Gasteiger partial charge in [-0.2, -0.15) is 0 Å². The van der Waals surface area contributed by atoms with E-state index in [2.05, 4.69) is 5.32 Å². The van der Waals surface area contributed by atoms with E-state index >= 15 is 0 Å². The number of halogens is 1. The Bertz CT molecular complexity index is 771. The van der Waals surface area contributed by atoms with E-state index in [9.17, 15) is 4.39 Å². The minimum absolute atomic E-state index is 0.0453. The zero-order chi connectivity index (χ0) is 16.8. The molecule has 0 aliphatic carbocycles. The summed E-state index contributed by atoms with van der Waals surface area (Å²) in [7, 11) is 0.